The molecule has 0 unspecified atom stereocenters. The zero-order valence-electron chi connectivity index (χ0n) is 20.0. The highest BCUT2D eigenvalue weighted by atomic mass is 16.1. The molecule has 36 heavy (non-hydrogen) atoms. The average Bonchev–Trinajstić information content (AvgIpc) is 2.89. The molecule has 5 N–H and O–H groups in total. The standard InChI is InChI=1S/C28H25N7O/c1-34-16-15-24(22-5-3-4-6-25(22)34)31-20-13-9-19(10-14-20)27(36)32-21-11-7-18(8-12-21)23-17-35(2)28(30)33-26(23)29/h3-17H,1-2H3,(H4,29,30,32,33,36)/p+1. The quantitative estimate of drug-likeness (QED) is 0.343. The van der Waals surface area contributed by atoms with Gasteiger partial charge in [0.25, 0.3) is 5.91 Å². The molecule has 0 aliphatic carbocycles. The number of anilines is 3. The van der Waals surface area contributed by atoms with Gasteiger partial charge in [-0.3, -0.25) is 10.5 Å². The van der Waals surface area contributed by atoms with Crippen LogP contribution in [0.25, 0.3) is 22.0 Å². The van der Waals surface area contributed by atoms with E-state index in [1.54, 1.807) is 23.7 Å². The predicted octanol–water partition coefficient (Wildman–Crippen LogP) is 3.71. The van der Waals surface area contributed by atoms with E-state index in [9.17, 15) is 4.79 Å². The van der Waals surface area contributed by atoms with Gasteiger partial charge in [0.15, 0.2) is 0 Å². The van der Waals surface area contributed by atoms with Gasteiger partial charge in [-0.25, -0.2) is 9.56 Å². The second-order valence-electron chi connectivity index (χ2n) is 8.53. The van der Waals surface area contributed by atoms with Gasteiger partial charge in [-0.05, 0) is 54.1 Å². The van der Waals surface area contributed by atoms with Crippen LogP contribution in [0.2, 0.25) is 0 Å². The Balaban J connectivity index is 1.33. The molecule has 1 amide bonds. The van der Waals surface area contributed by atoms with Crippen molar-refractivity contribution in [2.45, 2.75) is 0 Å². The van der Waals surface area contributed by atoms with Gasteiger partial charge >= 0.3 is 5.95 Å². The Morgan fingerprint density at radius 1 is 0.972 bits per heavy atom. The van der Waals surface area contributed by atoms with Gasteiger partial charge in [0.2, 0.25) is 5.82 Å². The highest BCUT2D eigenvalue weighted by molar-refractivity contribution is 6.04. The molecule has 0 aliphatic heterocycles. The summed E-state index contributed by atoms with van der Waals surface area (Å²) in [5, 5.41) is 4.88. The molecule has 0 bridgehead atoms. The monoisotopic (exact) mass is 476 g/mol. The van der Waals surface area contributed by atoms with Crippen LogP contribution in [-0.4, -0.2) is 15.5 Å². The van der Waals surface area contributed by atoms with Crippen molar-refractivity contribution < 1.29 is 9.36 Å². The van der Waals surface area contributed by atoms with Crippen LogP contribution in [0.15, 0.2) is 96.2 Å². The highest BCUT2D eigenvalue weighted by Crippen LogP contribution is 2.25. The zero-order valence-corrected chi connectivity index (χ0v) is 20.0. The van der Waals surface area contributed by atoms with Crippen LogP contribution in [0.4, 0.5) is 23.1 Å². The number of fused-ring (bicyclic) bond motifs is 1. The van der Waals surface area contributed by atoms with Gasteiger partial charge in [-0.15, -0.1) is 0 Å². The molecule has 0 radical (unpaired) electrons. The van der Waals surface area contributed by atoms with E-state index in [1.165, 1.54) is 0 Å². The van der Waals surface area contributed by atoms with Crippen molar-refractivity contribution in [2.75, 3.05) is 16.8 Å². The van der Waals surface area contributed by atoms with Crippen molar-refractivity contribution >= 4 is 40.0 Å². The van der Waals surface area contributed by atoms with Crippen LogP contribution in [-0.2, 0) is 14.1 Å². The Morgan fingerprint density at radius 3 is 2.44 bits per heavy atom. The maximum Gasteiger partial charge on any atom is 0.391 e. The van der Waals surface area contributed by atoms with Gasteiger partial charge < -0.3 is 15.6 Å². The Labute approximate surface area is 208 Å². The second kappa shape index (κ2) is 9.34. The summed E-state index contributed by atoms with van der Waals surface area (Å²) < 4.78 is 3.77. The Bertz CT molecular complexity index is 1650. The molecule has 0 spiro atoms. The van der Waals surface area contributed by atoms with Crippen LogP contribution in [0.5, 0.6) is 0 Å². The molecule has 3 aromatic carbocycles. The number of carbonyl (C=O) groups is 1. The number of carbonyl (C=O) groups excluding carboxylic acids is 1. The summed E-state index contributed by atoms with van der Waals surface area (Å²) in [6, 6.07) is 24.8. The van der Waals surface area contributed by atoms with Crippen LogP contribution in [0.1, 0.15) is 10.4 Å². The third-order valence-corrected chi connectivity index (χ3v) is 6.04. The molecule has 178 valence electrons. The summed E-state index contributed by atoms with van der Waals surface area (Å²) in [6.07, 6.45) is 3.82. The molecule has 0 saturated carbocycles. The minimum atomic E-state index is -0.202. The van der Waals surface area contributed by atoms with Gasteiger partial charge in [0, 0.05) is 35.4 Å². The van der Waals surface area contributed by atoms with E-state index in [0.717, 1.165) is 33.1 Å². The molecular formula is C28H26N7O+. The summed E-state index contributed by atoms with van der Waals surface area (Å²) in [5.74, 6) is 0.488. The first-order valence-corrected chi connectivity index (χ1v) is 11.4. The molecular weight excluding hydrogens is 450 g/mol. The van der Waals surface area contributed by atoms with Crippen LogP contribution in [0, 0.1) is 0 Å². The van der Waals surface area contributed by atoms with Crippen LogP contribution < -0.4 is 26.7 Å². The number of nitrogens with two attached hydrogens (primary N) is 2. The molecule has 0 atom stereocenters. The van der Waals surface area contributed by atoms with Gasteiger partial charge in [0.05, 0.1) is 29.9 Å². The SMILES string of the molecule is Cn1ccc(=Nc2ccc(C(=O)Nc3ccc(-c4c[n+](C)c(N)nc4N)cc3)cc2)c2ccccc21. The van der Waals surface area contributed by atoms with Crippen molar-refractivity contribution in [3.63, 3.8) is 0 Å². The number of amides is 1. The summed E-state index contributed by atoms with van der Waals surface area (Å²) in [6.45, 7) is 0. The number of para-hydroxylation sites is 1. The predicted molar refractivity (Wildman–Crippen MR) is 142 cm³/mol. The fourth-order valence-corrected chi connectivity index (χ4v) is 4.02. The van der Waals surface area contributed by atoms with Crippen molar-refractivity contribution in [3.05, 3.63) is 102 Å². The molecule has 8 heteroatoms. The number of hydrogen-bond donors (Lipinski definition) is 3. The normalized spacial score (nSPS) is 11.6. The third-order valence-electron chi connectivity index (χ3n) is 6.04. The van der Waals surface area contributed by atoms with Crippen molar-refractivity contribution in [1.29, 1.82) is 0 Å². The molecule has 5 rings (SSSR count). The first-order chi connectivity index (χ1) is 17.4. The number of nitrogens with one attached hydrogen (secondary N) is 1. The lowest BCUT2D eigenvalue weighted by molar-refractivity contribution is -0.658. The molecule has 0 aliphatic rings. The highest BCUT2D eigenvalue weighted by Gasteiger charge is 2.13. The van der Waals surface area contributed by atoms with E-state index < -0.39 is 0 Å². The summed E-state index contributed by atoms with van der Waals surface area (Å²) in [7, 11) is 3.82. The van der Waals surface area contributed by atoms with E-state index in [2.05, 4.69) is 27.0 Å². The van der Waals surface area contributed by atoms with Crippen molar-refractivity contribution in [1.82, 2.24) is 9.55 Å². The lowest BCUT2D eigenvalue weighted by Crippen LogP contribution is -2.33. The van der Waals surface area contributed by atoms with Gasteiger partial charge in [0.1, 0.15) is 0 Å². The zero-order chi connectivity index (χ0) is 25.2. The second-order valence-corrected chi connectivity index (χ2v) is 8.53. The molecule has 5 aromatic rings. The minimum absolute atomic E-state index is 0.202. The van der Waals surface area contributed by atoms with E-state index >= 15 is 0 Å². The summed E-state index contributed by atoms with van der Waals surface area (Å²) in [5.41, 5.74) is 16.6. The third kappa shape index (κ3) is 4.52. The number of nitrogen functional groups attached to an aromatic ring is 2. The smallest absolute Gasteiger partial charge is 0.369 e. The molecule has 0 saturated heterocycles. The molecule has 8 nitrogen and oxygen atoms in total. The largest absolute Gasteiger partial charge is 0.391 e. The molecule has 2 aromatic heterocycles. The van der Waals surface area contributed by atoms with Crippen LogP contribution >= 0.6 is 0 Å². The van der Waals surface area contributed by atoms with Crippen molar-refractivity contribution in [2.24, 2.45) is 19.1 Å². The van der Waals surface area contributed by atoms with E-state index in [1.807, 2.05) is 74.0 Å². The first-order valence-electron chi connectivity index (χ1n) is 11.4. The first kappa shape index (κ1) is 22.8. The maximum atomic E-state index is 12.8. The lowest BCUT2D eigenvalue weighted by Gasteiger charge is -2.08. The number of rotatable bonds is 4. The number of pyridine rings is 1. The fourth-order valence-electron chi connectivity index (χ4n) is 4.02. The topological polar surface area (TPSA) is 115 Å². The Hall–Kier alpha value is -4.98. The van der Waals surface area contributed by atoms with Crippen molar-refractivity contribution in [3.8, 4) is 11.1 Å². The van der Waals surface area contributed by atoms with E-state index in [-0.39, 0.29) is 5.91 Å². The summed E-state index contributed by atoms with van der Waals surface area (Å²) in [4.78, 5) is 21.7. The number of nitrogens with zero attached hydrogens (tertiary/aromatic N) is 4. The Kier molecular flexibility index (Phi) is 5.92. The Morgan fingerprint density at radius 2 is 1.69 bits per heavy atom. The average molecular weight is 477 g/mol. The van der Waals surface area contributed by atoms with Gasteiger partial charge in [-0.2, -0.15) is 0 Å². The molecule has 0 fully saturated rings. The number of benzene rings is 3. The number of aryl methyl sites for hydroxylation is 2. The van der Waals surface area contributed by atoms with E-state index in [4.69, 9.17) is 16.5 Å². The number of hydrogen-bond acceptors (Lipinski definition) is 5. The number of aromatic nitrogens is 3. The fraction of sp³-hybridized carbons (Fsp3) is 0.0714. The maximum absolute atomic E-state index is 12.8. The summed E-state index contributed by atoms with van der Waals surface area (Å²) >= 11 is 0. The lowest BCUT2D eigenvalue weighted by atomic mass is 10.1. The van der Waals surface area contributed by atoms with E-state index in [0.29, 0.717) is 23.0 Å². The minimum Gasteiger partial charge on any atom is -0.369 e. The van der Waals surface area contributed by atoms with Crippen LogP contribution in [0.3, 0.4) is 0 Å². The molecule has 2 heterocycles. The van der Waals surface area contributed by atoms with Gasteiger partial charge in [-0.1, -0.05) is 35.3 Å².